The van der Waals surface area contributed by atoms with Crippen molar-refractivity contribution in [3.05, 3.63) is 47.5 Å². The Hall–Kier alpha value is -3.49. The van der Waals surface area contributed by atoms with E-state index in [1.165, 1.54) is 50.5 Å². The van der Waals surface area contributed by atoms with E-state index < -0.39 is 6.09 Å². The first-order valence-corrected chi connectivity index (χ1v) is 14.0. The second kappa shape index (κ2) is 11.5. The van der Waals surface area contributed by atoms with Crippen molar-refractivity contribution in [2.75, 3.05) is 5.32 Å². The summed E-state index contributed by atoms with van der Waals surface area (Å²) >= 11 is 0. The number of aromatic nitrogens is 4. The zero-order chi connectivity index (χ0) is 26.6. The molecular weight excluding hydrogens is 478 g/mol. The first kappa shape index (κ1) is 26.1. The van der Waals surface area contributed by atoms with Crippen molar-refractivity contribution in [2.45, 2.75) is 84.2 Å². The van der Waals surface area contributed by atoms with Gasteiger partial charge in [0.15, 0.2) is 23.1 Å². The fourth-order valence-corrected chi connectivity index (χ4v) is 5.78. The van der Waals surface area contributed by atoms with Gasteiger partial charge in [0.2, 0.25) is 0 Å². The zero-order valence-electron chi connectivity index (χ0n) is 22.4. The number of nitrogens with zero attached hydrogens (tertiary/aromatic N) is 5. The van der Waals surface area contributed by atoms with Crippen LogP contribution in [0.5, 0.6) is 0 Å². The normalized spacial score (nSPS) is 21.3. The lowest BCUT2D eigenvalue weighted by Gasteiger charge is -2.32. The third-order valence-electron chi connectivity index (χ3n) is 8.40. The highest BCUT2D eigenvalue weighted by molar-refractivity contribution is 6.01. The second-order valence-corrected chi connectivity index (χ2v) is 11.2. The number of imidazole rings is 1. The molecule has 0 radical (unpaired) electrons. The smallest absolute Gasteiger partial charge is 0.433 e. The molecule has 0 spiro atoms. The van der Waals surface area contributed by atoms with E-state index in [0.29, 0.717) is 23.3 Å². The summed E-state index contributed by atoms with van der Waals surface area (Å²) in [5.74, 6) is 3.45. The maximum Gasteiger partial charge on any atom is 0.433 e. The van der Waals surface area contributed by atoms with Crippen molar-refractivity contribution in [1.29, 1.82) is 0 Å². The number of aliphatic imine (C=N–C) groups is 1. The Kier molecular flexibility index (Phi) is 7.90. The summed E-state index contributed by atoms with van der Waals surface area (Å²) in [5, 5.41) is 12.8. The van der Waals surface area contributed by atoms with Crippen LogP contribution in [-0.4, -0.2) is 42.6 Å². The number of aryl methyl sites for hydroxylation is 2. The maximum atomic E-state index is 11.2. The van der Waals surface area contributed by atoms with Crippen molar-refractivity contribution in [1.82, 2.24) is 19.5 Å². The molecule has 1 atom stereocenters. The zero-order valence-corrected chi connectivity index (χ0v) is 22.4. The lowest BCUT2D eigenvalue weighted by atomic mass is 9.80. The predicted octanol–water partition coefficient (Wildman–Crippen LogP) is 5.42. The van der Waals surface area contributed by atoms with Gasteiger partial charge in [-0.05, 0) is 62.3 Å². The fraction of sp³-hybridized carbons (Fsp3) is 0.552. The molecule has 2 saturated carbocycles. The van der Waals surface area contributed by atoms with Gasteiger partial charge in [-0.25, -0.2) is 19.7 Å². The molecule has 1 amide bonds. The Balaban J connectivity index is 1.57. The summed E-state index contributed by atoms with van der Waals surface area (Å²) in [5.41, 5.74) is 8.69. The summed E-state index contributed by atoms with van der Waals surface area (Å²) < 4.78 is 2.32. The van der Waals surface area contributed by atoms with Gasteiger partial charge in [-0.15, -0.1) is 0 Å². The Labute approximate surface area is 224 Å². The Morgan fingerprint density at radius 1 is 1.11 bits per heavy atom. The third-order valence-corrected chi connectivity index (χ3v) is 8.40. The molecule has 2 heterocycles. The van der Waals surface area contributed by atoms with Gasteiger partial charge >= 0.3 is 6.09 Å². The quantitative estimate of drug-likeness (QED) is 0.255. The van der Waals surface area contributed by atoms with Gasteiger partial charge in [0.05, 0.1) is 0 Å². The number of hydrogen-bond donors (Lipinski definition) is 3. The van der Waals surface area contributed by atoms with Gasteiger partial charge in [-0.3, -0.25) is 0 Å². The second-order valence-electron chi connectivity index (χ2n) is 11.2. The molecule has 2 aliphatic carbocycles. The van der Waals surface area contributed by atoms with Gasteiger partial charge in [-0.2, -0.15) is 4.99 Å². The molecule has 2 aliphatic rings. The van der Waals surface area contributed by atoms with E-state index in [0.717, 1.165) is 36.6 Å². The molecule has 2 fully saturated rings. The van der Waals surface area contributed by atoms with Crippen LogP contribution in [-0.2, 0) is 19.4 Å². The van der Waals surface area contributed by atoms with E-state index >= 15 is 0 Å². The minimum atomic E-state index is -1.37. The van der Waals surface area contributed by atoms with Crippen LogP contribution in [0.2, 0.25) is 0 Å². The van der Waals surface area contributed by atoms with Crippen LogP contribution in [0.3, 0.4) is 0 Å². The monoisotopic (exact) mass is 517 g/mol. The molecule has 9 heteroatoms. The van der Waals surface area contributed by atoms with Crippen LogP contribution in [0.25, 0.3) is 11.2 Å². The highest BCUT2D eigenvalue weighted by Crippen LogP contribution is 2.34. The van der Waals surface area contributed by atoms with E-state index in [-0.39, 0.29) is 17.7 Å². The van der Waals surface area contributed by atoms with Crippen molar-refractivity contribution < 1.29 is 9.90 Å². The molecule has 9 nitrogen and oxygen atoms in total. The Bertz CT molecular complexity index is 1290. The average Bonchev–Trinajstić information content (AvgIpc) is 3.20. The van der Waals surface area contributed by atoms with Crippen molar-refractivity contribution in [3.8, 4) is 0 Å². The molecular formula is C29H39N7O2. The van der Waals surface area contributed by atoms with Crippen LogP contribution >= 0.6 is 0 Å². The largest absolute Gasteiger partial charge is 0.463 e. The van der Waals surface area contributed by atoms with Crippen molar-refractivity contribution in [3.63, 3.8) is 0 Å². The number of fused-ring (bicyclic) bond motifs is 1. The van der Waals surface area contributed by atoms with Gasteiger partial charge in [0.25, 0.3) is 0 Å². The SMILES string of the molecule is CC1CCC(Cn2c(CCc3ccccc3)nc3nc(C(N)=NC(=O)O)nc(NC(C)C4CCC4)c32)CC1. The molecule has 4 N–H and O–H groups in total. The number of benzene rings is 1. The predicted molar refractivity (Wildman–Crippen MR) is 149 cm³/mol. The molecule has 0 aliphatic heterocycles. The number of carboxylic acid groups (broad SMARTS) is 1. The van der Waals surface area contributed by atoms with Crippen molar-refractivity contribution >= 4 is 28.9 Å². The molecule has 202 valence electrons. The number of amidine groups is 1. The number of rotatable bonds is 9. The Morgan fingerprint density at radius 3 is 2.50 bits per heavy atom. The third kappa shape index (κ3) is 5.97. The number of nitrogens with two attached hydrogens (primary N) is 1. The van der Waals surface area contributed by atoms with E-state index in [9.17, 15) is 4.79 Å². The summed E-state index contributed by atoms with van der Waals surface area (Å²) in [7, 11) is 0. The van der Waals surface area contributed by atoms with Crippen LogP contribution in [0, 0.1) is 17.8 Å². The molecule has 0 saturated heterocycles. The van der Waals surface area contributed by atoms with E-state index in [1.807, 2.05) is 6.07 Å². The standard InChI is InChI=1S/C29H39N7O2/c1-18-11-13-21(14-12-18)17-36-23(16-15-20-7-4-3-5-8-20)32-27-24(36)26(31-19(2)22-9-6-10-22)34-28(35-27)25(30)33-29(37)38/h3-5,7-8,18-19,21-22H,6,9-17H2,1-2H3,(H2,30,33)(H,37,38)(H,31,34,35). The molecule has 2 aromatic heterocycles. The first-order valence-electron chi connectivity index (χ1n) is 14.0. The molecule has 3 aromatic rings. The first-order chi connectivity index (χ1) is 18.4. The number of amides is 1. The highest BCUT2D eigenvalue weighted by Gasteiger charge is 2.28. The summed E-state index contributed by atoms with van der Waals surface area (Å²) in [4.78, 5) is 29.0. The van der Waals surface area contributed by atoms with Gasteiger partial charge in [0, 0.05) is 19.0 Å². The number of nitrogens with one attached hydrogen (secondary N) is 1. The Morgan fingerprint density at radius 2 is 1.84 bits per heavy atom. The molecule has 1 aromatic carbocycles. The van der Waals surface area contributed by atoms with E-state index in [4.69, 9.17) is 20.8 Å². The highest BCUT2D eigenvalue weighted by atomic mass is 16.4. The summed E-state index contributed by atoms with van der Waals surface area (Å²) in [6, 6.07) is 10.7. The lowest BCUT2D eigenvalue weighted by Crippen LogP contribution is -2.32. The number of hydrogen-bond acceptors (Lipinski definition) is 5. The van der Waals surface area contributed by atoms with Crippen LogP contribution in [0.1, 0.15) is 76.0 Å². The molecule has 1 unspecified atom stereocenters. The lowest BCUT2D eigenvalue weighted by molar-refractivity contribution is 0.205. The van der Waals surface area contributed by atoms with Gasteiger partial charge in [0.1, 0.15) is 11.3 Å². The topological polar surface area (TPSA) is 131 Å². The maximum absolute atomic E-state index is 11.2. The summed E-state index contributed by atoms with van der Waals surface area (Å²) in [6.07, 6.45) is 8.83. The van der Waals surface area contributed by atoms with Crippen molar-refractivity contribution in [2.24, 2.45) is 28.5 Å². The number of carbonyl (C=O) groups is 1. The van der Waals surface area contributed by atoms with Gasteiger partial charge < -0.3 is 20.7 Å². The minimum Gasteiger partial charge on any atom is -0.463 e. The average molecular weight is 518 g/mol. The van der Waals surface area contributed by atoms with Gasteiger partial charge in [-0.1, -0.05) is 56.5 Å². The fourth-order valence-electron chi connectivity index (χ4n) is 5.78. The van der Waals surface area contributed by atoms with E-state index in [2.05, 4.69) is 58.0 Å². The summed E-state index contributed by atoms with van der Waals surface area (Å²) in [6.45, 7) is 5.41. The minimum absolute atomic E-state index is 0.0916. The van der Waals surface area contributed by atoms with E-state index in [1.54, 1.807) is 0 Å². The van der Waals surface area contributed by atoms with Crippen LogP contribution in [0.4, 0.5) is 10.6 Å². The molecule has 38 heavy (non-hydrogen) atoms. The van der Waals surface area contributed by atoms with Crippen LogP contribution in [0.15, 0.2) is 35.3 Å². The van der Waals surface area contributed by atoms with Crippen LogP contribution < -0.4 is 11.1 Å². The molecule has 5 rings (SSSR count). The molecule has 0 bridgehead atoms. The number of anilines is 1.